The van der Waals surface area contributed by atoms with Gasteiger partial charge in [-0.3, -0.25) is 0 Å². The fourth-order valence-corrected chi connectivity index (χ4v) is 2.78. The van der Waals surface area contributed by atoms with E-state index >= 15 is 0 Å². The van der Waals surface area contributed by atoms with Gasteiger partial charge in [0.05, 0.1) is 7.11 Å². The van der Waals surface area contributed by atoms with Gasteiger partial charge in [-0.1, -0.05) is 38.5 Å². The third-order valence-electron chi connectivity index (χ3n) is 2.94. The van der Waals surface area contributed by atoms with Gasteiger partial charge in [-0.15, -0.1) is 0 Å². The molecule has 0 aliphatic rings. The Bertz CT molecular complexity index is 330. The van der Waals surface area contributed by atoms with E-state index in [2.05, 4.69) is 13.8 Å². The lowest BCUT2D eigenvalue weighted by Gasteiger charge is -2.16. The van der Waals surface area contributed by atoms with Gasteiger partial charge >= 0.3 is 0 Å². The van der Waals surface area contributed by atoms with Gasteiger partial charge < -0.3 is 10.5 Å². The van der Waals surface area contributed by atoms with Crippen LogP contribution in [0.15, 0.2) is 24.3 Å². The third kappa shape index (κ3) is 4.60. The van der Waals surface area contributed by atoms with Crippen LogP contribution in [0.4, 0.5) is 0 Å². The lowest BCUT2D eigenvalue weighted by atomic mass is 10.1. The van der Waals surface area contributed by atoms with E-state index in [1.807, 2.05) is 36.0 Å². The predicted octanol–water partition coefficient (Wildman–Crippen LogP) is 3.47. The maximum Gasteiger partial charge on any atom is 0.123 e. The molecule has 0 saturated carbocycles. The minimum absolute atomic E-state index is 0.0557. The minimum Gasteiger partial charge on any atom is -0.496 e. The number of para-hydroxylation sites is 1. The maximum absolute atomic E-state index is 6.20. The second-order valence-corrected chi connectivity index (χ2v) is 5.47. The fraction of sp³-hybridized carbons (Fsp3) is 0.571. The number of hydrogen-bond donors (Lipinski definition) is 1. The van der Waals surface area contributed by atoms with Gasteiger partial charge in [-0.2, -0.15) is 11.8 Å². The van der Waals surface area contributed by atoms with Gasteiger partial charge in [0.2, 0.25) is 0 Å². The number of nitrogens with two attached hydrogens (primary N) is 1. The summed E-state index contributed by atoms with van der Waals surface area (Å²) in [7, 11) is 1.69. The third-order valence-corrected chi connectivity index (χ3v) is 4.33. The smallest absolute Gasteiger partial charge is 0.123 e. The largest absolute Gasteiger partial charge is 0.496 e. The first-order chi connectivity index (χ1) is 8.19. The number of benzene rings is 1. The molecule has 0 spiro atoms. The molecule has 0 fully saturated rings. The summed E-state index contributed by atoms with van der Waals surface area (Å²) < 4.78 is 5.33. The molecule has 2 N–H and O–H groups in total. The van der Waals surface area contributed by atoms with Gasteiger partial charge in [0.25, 0.3) is 0 Å². The van der Waals surface area contributed by atoms with Crippen molar-refractivity contribution in [1.82, 2.24) is 0 Å². The molecule has 0 aromatic heterocycles. The Balaban J connectivity index is 2.49. The molecule has 0 bridgehead atoms. The summed E-state index contributed by atoms with van der Waals surface area (Å²) >= 11 is 1.93. The van der Waals surface area contributed by atoms with Gasteiger partial charge in [-0.25, -0.2) is 0 Å². The summed E-state index contributed by atoms with van der Waals surface area (Å²) in [6.45, 7) is 4.51. The van der Waals surface area contributed by atoms with Crippen LogP contribution in [0.3, 0.4) is 0 Å². The molecule has 0 amide bonds. The van der Waals surface area contributed by atoms with Crippen molar-refractivity contribution in [3.63, 3.8) is 0 Å². The van der Waals surface area contributed by atoms with E-state index in [9.17, 15) is 0 Å². The standard InChI is InChI=1S/C14H23NOS/c1-4-11(2)9-17-10-13(15)12-7-5-6-8-14(12)16-3/h5-8,11,13H,4,9-10,15H2,1-3H3. The molecule has 0 radical (unpaired) electrons. The molecular formula is C14H23NOS. The zero-order valence-electron chi connectivity index (χ0n) is 11.0. The van der Waals surface area contributed by atoms with Gasteiger partial charge in [0.1, 0.15) is 5.75 Å². The van der Waals surface area contributed by atoms with E-state index < -0.39 is 0 Å². The molecule has 17 heavy (non-hydrogen) atoms. The highest BCUT2D eigenvalue weighted by molar-refractivity contribution is 7.99. The number of thioether (sulfide) groups is 1. The number of methoxy groups -OCH3 is 1. The molecule has 1 rings (SSSR count). The lowest BCUT2D eigenvalue weighted by Crippen LogP contribution is -2.15. The van der Waals surface area contributed by atoms with Gasteiger partial charge in [-0.05, 0) is 17.7 Å². The first kappa shape index (κ1) is 14.4. The van der Waals surface area contributed by atoms with Crippen LogP contribution >= 0.6 is 11.8 Å². The fourth-order valence-electron chi connectivity index (χ4n) is 1.58. The molecule has 0 aliphatic heterocycles. The van der Waals surface area contributed by atoms with Crippen molar-refractivity contribution in [3.8, 4) is 5.75 Å². The maximum atomic E-state index is 6.20. The van der Waals surface area contributed by atoms with Crippen LogP contribution < -0.4 is 10.5 Å². The molecule has 1 aromatic rings. The van der Waals surface area contributed by atoms with E-state index in [4.69, 9.17) is 10.5 Å². The number of rotatable bonds is 7. The topological polar surface area (TPSA) is 35.2 Å². The first-order valence-electron chi connectivity index (χ1n) is 6.15. The predicted molar refractivity (Wildman–Crippen MR) is 76.7 cm³/mol. The van der Waals surface area contributed by atoms with E-state index in [0.29, 0.717) is 0 Å². The van der Waals surface area contributed by atoms with Crippen LogP contribution in [-0.4, -0.2) is 18.6 Å². The minimum atomic E-state index is 0.0557. The molecule has 0 aliphatic carbocycles. The van der Waals surface area contributed by atoms with Crippen molar-refractivity contribution in [2.75, 3.05) is 18.6 Å². The second kappa shape index (κ2) is 7.62. The summed E-state index contributed by atoms with van der Waals surface area (Å²) in [5, 5.41) is 0. The van der Waals surface area contributed by atoms with Crippen molar-refractivity contribution >= 4 is 11.8 Å². The van der Waals surface area contributed by atoms with Crippen molar-refractivity contribution in [2.24, 2.45) is 11.7 Å². The number of ether oxygens (including phenoxy) is 1. The van der Waals surface area contributed by atoms with Crippen LogP contribution in [0.25, 0.3) is 0 Å². The molecule has 2 atom stereocenters. The monoisotopic (exact) mass is 253 g/mol. The molecule has 2 nitrogen and oxygen atoms in total. The quantitative estimate of drug-likeness (QED) is 0.808. The molecular weight excluding hydrogens is 230 g/mol. The van der Waals surface area contributed by atoms with Crippen LogP contribution in [0.2, 0.25) is 0 Å². The molecule has 3 heteroatoms. The van der Waals surface area contributed by atoms with Crippen molar-refractivity contribution in [2.45, 2.75) is 26.3 Å². The van der Waals surface area contributed by atoms with E-state index in [0.717, 1.165) is 23.0 Å². The summed E-state index contributed by atoms with van der Waals surface area (Å²) in [6.07, 6.45) is 1.23. The Morgan fingerprint density at radius 2 is 2.00 bits per heavy atom. The van der Waals surface area contributed by atoms with E-state index in [-0.39, 0.29) is 6.04 Å². The first-order valence-corrected chi connectivity index (χ1v) is 7.30. The molecule has 96 valence electrons. The highest BCUT2D eigenvalue weighted by atomic mass is 32.2. The Morgan fingerprint density at radius 3 is 2.65 bits per heavy atom. The van der Waals surface area contributed by atoms with Crippen LogP contribution in [-0.2, 0) is 0 Å². The molecule has 2 unspecified atom stereocenters. The average molecular weight is 253 g/mol. The summed E-state index contributed by atoms with van der Waals surface area (Å²) in [5.74, 6) is 3.79. The normalized spacial score (nSPS) is 14.4. The zero-order valence-corrected chi connectivity index (χ0v) is 11.8. The number of hydrogen-bond acceptors (Lipinski definition) is 3. The lowest BCUT2D eigenvalue weighted by molar-refractivity contribution is 0.407. The van der Waals surface area contributed by atoms with Gasteiger partial charge in [0.15, 0.2) is 0 Å². The highest BCUT2D eigenvalue weighted by Crippen LogP contribution is 2.26. The van der Waals surface area contributed by atoms with Crippen molar-refractivity contribution < 1.29 is 4.74 Å². The van der Waals surface area contributed by atoms with Gasteiger partial charge in [0, 0.05) is 17.4 Å². The van der Waals surface area contributed by atoms with E-state index in [1.165, 1.54) is 12.2 Å². The van der Waals surface area contributed by atoms with Crippen LogP contribution in [0, 0.1) is 5.92 Å². The van der Waals surface area contributed by atoms with Crippen molar-refractivity contribution in [1.29, 1.82) is 0 Å². The second-order valence-electron chi connectivity index (χ2n) is 4.40. The van der Waals surface area contributed by atoms with Crippen LogP contribution in [0.1, 0.15) is 31.9 Å². The Labute approximate surface area is 109 Å². The van der Waals surface area contributed by atoms with Crippen molar-refractivity contribution in [3.05, 3.63) is 29.8 Å². The Morgan fingerprint density at radius 1 is 1.29 bits per heavy atom. The Hall–Kier alpha value is -0.670. The zero-order chi connectivity index (χ0) is 12.7. The summed E-state index contributed by atoms with van der Waals surface area (Å²) in [4.78, 5) is 0. The Kier molecular flexibility index (Phi) is 6.45. The summed E-state index contributed by atoms with van der Waals surface area (Å²) in [6, 6.07) is 8.06. The van der Waals surface area contributed by atoms with E-state index in [1.54, 1.807) is 7.11 Å². The SMILES string of the molecule is CCC(C)CSCC(N)c1ccccc1OC. The molecule has 0 heterocycles. The van der Waals surface area contributed by atoms with Crippen LogP contribution in [0.5, 0.6) is 5.75 Å². The summed E-state index contributed by atoms with van der Waals surface area (Å²) in [5.41, 5.74) is 7.30. The molecule has 1 aromatic carbocycles. The highest BCUT2D eigenvalue weighted by Gasteiger charge is 2.11. The molecule has 0 saturated heterocycles. The average Bonchev–Trinajstić information content (AvgIpc) is 2.38.